The molecule has 1 saturated carbocycles. The predicted molar refractivity (Wildman–Crippen MR) is 89.8 cm³/mol. The summed E-state index contributed by atoms with van der Waals surface area (Å²) in [6.45, 7) is 0.797. The van der Waals surface area contributed by atoms with Crippen LogP contribution in [0.25, 0.3) is 11.3 Å². The van der Waals surface area contributed by atoms with Crippen molar-refractivity contribution < 1.29 is 19.2 Å². The van der Waals surface area contributed by atoms with Crippen LogP contribution in [0.3, 0.4) is 0 Å². The van der Waals surface area contributed by atoms with Crippen molar-refractivity contribution >= 4 is 7.82 Å². The maximum atomic E-state index is 8.88. The summed E-state index contributed by atoms with van der Waals surface area (Å²) in [5.74, 6) is 0. The molecule has 1 aliphatic rings. The number of benzene rings is 1. The minimum absolute atomic E-state index is 0.647. The quantitative estimate of drug-likeness (QED) is 0.530. The molecule has 1 aliphatic carbocycles. The zero-order valence-corrected chi connectivity index (χ0v) is 14.2. The fourth-order valence-electron chi connectivity index (χ4n) is 2.75. The number of H-pyrrole nitrogens is 1. The molecule has 9 heteroatoms. The first kappa shape index (κ1) is 18.8. The number of hydrogen-bond acceptors (Lipinski definition) is 4. The van der Waals surface area contributed by atoms with Gasteiger partial charge in [0.1, 0.15) is 11.4 Å². The predicted octanol–water partition coefficient (Wildman–Crippen LogP) is 1.97. The molecule has 2 aromatic rings. The van der Waals surface area contributed by atoms with Crippen LogP contribution in [0, 0.1) is 0 Å². The van der Waals surface area contributed by atoms with Crippen LogP contribution in [0.2, 0.25) is 0 Å². The summed E-state index contributed by atoms with van der Waals surface area (Å²) in [5, 5.41) is 14.9. The Balaban J connectivity index is 0.000000368. The molecule has 0 bridgehead atoms. The highest BCUT2D eigenvalue weighted by molar-refractivity contribution is 7.45. The first-order chi connectivity index (χ1) is 11.4. The monoisotopic (exact) mass is 354 g/mol. The highest BCUT2D eigenvalue weighted by atomic mass is 31.2. The molecule has 0 saturated heterocycles. The Bertz CT molecular complexity index is 644. The SMILES string of the molecule is O=P(O)(O)O.c1ccc(-c2n[nH]nc2CNC2CCCCC2)cc1. The van der Waals surface area contributed by atoms with Crippen molar-refractivity contribution in [2.75, 3.05) is 0 Å². The summed E-state index contributed by atoms with van der Waals surface area (Å²) >= 11 is 0. The molecule has 0 spiro atoms. The van der Waals surface area contributed by atoms with Crippen LogP contribution in [-0.4, -0.2) is 36.1 Å². The smallest absolute Gasteiger partial charge is 0.308 e. The minimum Gasteiger partial charge on any atom is -0.308 e. The van der Waals surface area contributed by atoms with Gasteiger partial charge in [0, 0.05) is 18.2 Å². The lowest BCUT2D eigenvalue weighted by atomic mass is 9.95. The molecule has 132 valence electrons. The van der Waals surface area contributed by atoms with Crippen molar-refractivity contribution in [2.24, 2.45) is 0 Å². The van der Waals surface area contributed by atoms with Gasteiger partial charge in [-0.15, -0.1) is 0 Å². The fraction of sp³-hybridized carbons (Fsp3) is 0.467. The van der Waals surface area contributed by atoms with Crippen molar-refractivity contribution in [1.82, 2.24) is 20.7 Å². The second-order valence-corrected chi connectivity index (χ2v) is 6.74. The van der Waals surface area contributed by atoms with E-state index in [0.717, 1.165) is 23.5 Å². The first-order valence-electron chi connectivity index (χ1n) is 7.90. The zero-order chi connectivity index (χ0) is 17.4. The molecule has 5 N–H and O–H groups in total. The lowest BCUT2D eigenvalue weighted by Gasteiger charge is -2.22. The maximum absolute atomic E-state index is 8.88. The Hall–Kier alpha value is -1.57. The third-order valence-corrected chi connectivity index (χ3v) is 3.83. The van der Waals surface area contributed by atoms with E-state index in [0.29, 0.717) is 6.04 Å². The molecule has 0 aliphatic heterocycles. The average Bonchev–Trinajstić information content (AvgIpc) is 3.02. The lowest BCUT2D eigenvalue weighted by Crippen LogP contribution is -2.30. The third kappa shape index (κ3) is 6.90. The molecule has 24 heavy (non-hydrogen) atoms. The normalized spacial score (nSPS) is 15.6. The Kier molecular flexibility index (Phi) is 7.08. The van der Waals surface area contributed by atoms with E-state index < -0.39 is 7.82 Å². The Morgan fingerprint density at radius 3 is 2.33 bits per heavy atom. The van der Waals surface area contributed by atoms with E-state index in [1.54, 1.807) is 0 Å². The van der Waals surface area contributed by atoms with Crippen LogP contribution < -0.4 is 5.32 Å². The first-order valence-corrected chi connectivity index (χ1v) is 9.47. The Morgan fingerprint density at radius 1 is 1.08 bits per heavy atom. The molecule has 0 radical (unpaired) electrons. The van der Waals surface area contributed by atoms with Gasteiger partial charge in [0.25, 0.3) is 0 Å². The van der Waals surface area contributed by atoms with Gasteiger partial charge >= 0.3 is 7.82 Å². The highest BCUT2D eigenvalue weighted by Crippen LogP contribution is 2.25. The van der Waals surface area contributed by atoms with Crippen molar-refractivity contribution in [2.45, 2.75) is 44.7 Å². The number of phosphoric acid groups is 1. The summed E-state index contributed by atoms with van der Waals surface area (Å²) in [7, 11) is -4.64. The average molecular weight is 354 g/mol. The van der Waals surface area contributed by atoms with Gasteiger partial charge < -0.3 is 20.0 Å². The summed E-state index contributed by atoms with van der Waals surface area (Å²) < 4.78 is 8.88. The van der Waals surface area contributed by atoms with Crippen molar-refractivity contribution in [3.8, 4) is 11.3 Å². The molecule has 1 fully saturated rings. The van der Waals surface area contributed by atoms with Gasteiger partial charge in [0.15, 0.2) is 0 Å². The third-order valence-electron chi connectivity index (χ3n) is 3.83. The standard InChI is InChI=1S/C15H20N4.H3O4P/c1-3-7-12(8-4-1)15-14(17-19-18-15)11-16-13-9-5-2-6-10-13;1-5(2,3)4/h1,3-4,7-8,13,16H,2,5-6,9-11H2,(H,17,18,19);(H3,1,2,3,4). The lowest BCUT2D eigenvalue weighted by molar-refractivity contribution is 0.275. The summed E-state index contributed by atoms with van der Waals surface area (Å²) in [5.41, 5.74) is 3.09. The zero-order valence-electron chi connectivity index (χ0n) is 13.3. The van der Waals surface area contributed by atoms with Gasteiger partial charge in [0.05, 0.1) is 0 Å². The number of hydrogen-bond donors (Lipinski definition) is 5. The largest absolute Gasteiger partial charge is 0.466 e. The molecule has 0 amide bonds. The highest BCUT2D eigenvalue weighted by Gasteiger charge is 2.15. The van der Waals surface area contributed by atoms with Crippen LogP contribution in [-0.2, 0) is 11.1 Å². The van der Waals surface area contributed by atoms with E-state index in [-0.39, 0.29) is 0 Å². The van der Waals surface area contributed by atoms with Crippen molar-refractivity contribution in [3.05, 3.63) is 36.0 Å². The topological polar surface area (TPSA) is 131 Å². The van der Waals surface area contributed by atoms with E-state index in [9.17, 15) is 0 Å². The molecular weight excluding hydrogens is 331 g/mol. The van der Waals surface area contributed by atoms with Crippen molar-refractivity contribution in [3.63, 3.8) is 0 Å². The fourth-order valence-corrected chi connectivity index (χ4v) is 2.75. The number of aromatic nitrogens is 3. The van der Waals surface area contributed by atoms with Gasteiger partial charge in [0.2, 0.25) is 0 Å². The van der Waals surface area contributed by atoms with Crippen LogP contribution in [0.4, 0.5) is 0 Å². The second kappa shape index (κ2) is 9.05. The van der Waals surface area contributed by atoms with Crippen LogP contribution in [0.15, 0.2) is 30.3 Å². The minimum atomic E-state index is -4.64. The molecule has 0 unspecified atom stereocenters. The number of nitrogens with one attached hydrogen (secondary N) is 2. The van der Waals surface area contributed by atoms with E-state index >= 15 is 0 Å². The van der Waals surface area contributed by atoms with E-state index in [4.69, 9.17) is 19.2 Å². The van der Waals surface area contributed by atoms with Gasteiger partial charge in [-0.05, 0) is 12.8 Å². The number of aromatic amines is 1. The summed E-state index contributed by atoms with van der Waals surface area (Å²) in [6, 6.07) is 10.9. The van der Waals surface area contributed by atoms with E-state index in [1.165, 1.54) is 32.1 Å². The van der Waals surface area contributed by atoms with E-state index in [1.807, 2.05) is 18.2 Å². The molecule has 0 atom stereocenters. The van der Waals surface area contributed by atoms with Gasteiger partial charge in [-0.25, -0.2) is 4.57 Å². The van der Waals surface area contributed by atoms with E-state index in [2.05, 4.69) is 32.9 Å². The summed E-state index contributed by atoms with van der Waals surface area (Å²) in [4.78, 5) is 21.6. The summed E-state index contributed by atoms with van der Waals surface area (Å²) in [6.07, 6.45) is 6.67. The van der Waals surface area contributed by atoms with Gasteiger partial charge in [-0.3, -0.25) is 0 Å². The van der Waals surface area contributed by atoms with Crippen LogP contribution in [0.5, 0.6) is 0 Å². The van der Waals surface area contributed by atoms with Crippen LogP contribution in [0.1, 0.15) is 37.8 Å². The van der Waals surface area contributed by atoms with Gasteiger partial charge in [-0.1, -0.05) is 49.6 Å². The van der Waals surface area contributed by atoms with Crippen molar-refractivity contribution in [1.29, 1.82) is 0 Å². The second-order valence-electron chi connectivity index (χ2n) is 5.71. The Labute approximate surface area is 140 Å². The number of rotatable bonds is 4. The molecule has 8 nitrogen and oxygen atoms in total. The molecular formula is C15H23N4O4P. The molecule has 1 aromatic carbocycles. The Morgan fingerprint density at radius 2 is 1.71 bits per heavy atom. The molecule has 1 heterocycles. The number of nitrogens with zero attached hydrogens (tertiary/aromatic N) is 2. The molecule has 1 aromatic heterocycles. The van der Waals surface area contributed by atoms with Gasteiger partial charge in [-0.2, -0.15) is 15.4 Å². The molecule has 3 rings (SSSR count). The maximum Gasteiger partial charge on any atom is 0.466 e. The van der Waals surface area contributed by atoms with Crippen LogP contribution >= 0.6 is 7.82 Å².